The van der Waals surface area contributed by atoms with Crippen molar-refractivity contribution in [3.05, 3.63) is 36.5 Å². The SMILES string of the molecule is CCCC/C=C/C/C=C/CCCCCCCC(=O)O[C@H](COC(=O)CCC/C=C/CCCCCCCCCCCCCCCCCCCC)COP(=O)(O)O. The molecule has 0 aliphatic carbocycles. The zero-order valence-electron chi connectivity index (χ0n) is 35.6. The summed E-state index contributed by atoms with van der Waals surface area (Å²) in [6, 6.07) is 0. The molecule has 9 heteroatoms. The number of carbonyl (C=O) groups excluding carboxylic acids is 2. The number of rotatable bonds is 42. The zero-order chi connectivity index (χ0) is 40.3. The highest BCUT2D eigenvalue weighted by Gasteiger charge is 2.22. The fourth-order valence-corrected chi connectivity index (χ4v) is 6.81. The van der Waals surface area contributed by atoms with E-state index in [0.29, 0.717) is 12.8 Å². The van der Waals surface area contributed by atoms with E-state index in [1.807, 2.05) is 0 Å². The monoisotopic (exact) mass is 797 g/mol. The smallest absolute Gasteiger partial charge is 0.462 e. The molecule has 0 saturated heterocycles. The highest BCUT2D eigenvalue weighted by atomic mass is 31.2. The molecule has 0 unspecified atom stereocenters. The van der Waals surface area contributed by atoms with Crippen LogP contribution < -0.4 is 0 Å². The maximum absolute atomic E-state index is 12.4. The van der Waals surface area contributed by atoms with Crippen LogP contribution in [-0.2, 0) is 28.2 Å². The molecule has 0 rings (SSSR count). The molecule has 0 radical (unpaired) electrons. The van der Waals surface area contributed by atoms with Gasteiger partial charge in [0.1, 0.15) is 6.61 Å². The Kier molecular flexibility index (Phi) is 40.6. The minimum atomic E-state index is -4.76. The van der Waals surface area contributed by atoms with Crippen molar-refractivity contribution < 1.29 is 37.9 Å². The van der Waals surface area contributed by atoms with Crippen molar-refractivity contribution in [1.29, 1.82) is 0 Å². The van der Waals surface area contributed by atoms with Crippen molar-refractivity contribution in [3.8, 4) is 0 Å². The molecular formula is C46H85O8P. The van der Waals surface area contributed by atoms with Crippen LogP contribution in [0, 0.1) is 0 Å². The molecule has 2 N–H and O–H groups in total. The van der Waals surface area contributed by atoms with Crippen molar-refractivity contribution in [3.63, 3.8) is 0 Å². The Labute approximate surface area is 338 Å². The third-order valence-electron chi connectivity index (χ3n) is 9.88. The summed E-state index contributed by atoms with van der Waals surface area (Å²) in [6.45, 7) is 3.63. The van der Waals surface area contributed by atoms with E-state index in [1.54, 1.807) is 0 Å². The average molecular weight is 797 g/mol. The third-order valence-corrected chi connectivity index (χ3v) is 10.4. The normalized spacial score (nSPS) is 12.7. The molecule has 322 valence electrons. The van der Waals surface area contributed by atoms with Crippen molar-refractivity contribution in [2.45, 2.75) is 232 Å². The van der Waals surface area contributed by atoms with Crippen molar-refractivity contribution in [2.75, 3.05) is 13.2 Å². The lowest BCUT2D eigenvalue weighted by Gasteiger charge is -2.18. The Morgan fingerprint density at radius 2 is 0.855 bits per heavy atom. The van der Waals surface area contributed by atoms with E-state index in [2.05, 4.69) is 54.8 Å². The van der Waals surface area contributed by atoms with Gasteiger partial charge in [-0.2, -0.15) is 0 Å². The molecule has 0 spiro atoms. The minimum absolute atomic E-state index is 0.191. The Balaban J connectivity index is 3.86. The van der Waals surface area contributed by atoms with Gasteiger partial charge in [-0.15, -0.1) is 0 Å². The number of esters is 2. The molecule has 0 amide bonds. The van der Waals surface area contributed by atoms with Crippen molar-refractivity contribution >= 4 is 19.8 Å². The second-order valence-corrected chi connectivity index (χ2v) is 16.6. The van der Waals surface area contributed by atoms with Crippen LogP contribution in [0.4, 0.5) is 0 Å². The standard InChI is InChI=1S/C46H85O8P/c1-3-5-7-9-11-13-15-17-19-20-21-22-23-24-25-26-27-29-30-32-34-36-38-40-45(47)52-42-44(43-53-55(49,50)51)54-46(48)41-39-37-35-33-31-28-18-16-14-12-10-8-6-4-2/h10,12,16,18,32,34,44H,3-9,11,13-15,17,19-31,33,35-43H2,1-2H3,(H2,49,50,51)/b12-10+,18-16+,34-32+/t44-/m1/s1. The minimum Gasteiger partial charge on any atom is -0.462 e. The molecular weight excluding hydrogens is 711 g/mol. The van der Waals surface area contributed by atoms with Crippen molar-refractivity contribution in [1.82, 2.24) is 0 Å². The van der Waals surface area contributed by atoms with Gasteiger partial charge in [-0.1, -0.05) is 192 Å². The summed E-state index contributed by atoms with van der Waals surface area (Å²) in [5, 5.41) is 0. The number of phosphoric acid groups is 1. The Morgan fingerprint density at radius 3 is 1.33 bits per heavy atom. The van der Waals surface area contributed by atoms with Crippen LogP contribution in [0.2, 0.25) is 0 Å². The molecule has 0 aromatic rings. The number of hydrogen-bond acceptors (Lipinski definition) is 6. The van der Waals surface area contributed by atoms with Crippen LogP contribution in [-0.4, -0.2) is 41.0 Å². The number of hydrogen-bond donors (Lipinski definition) is 2. The maximum Gasteiger partial charge on any atom is 0.469 e. The predicted octanol–water partition coefficient (Wildman–Crippen LogP) is 14.1. The van der Waals surface area contributed by atoms with Gasteiger partial charge in [-0.3, -0.25) is 14.1 Å². The zero-order valence-corrected chi connectivity index (χ0v) is 36.5. The lowest BCUT2D eigenvalue weighted by Crippen LogP contribution is -2.29. The van der Waals surface area contributed by atoms with E-state index < -0.39 is 32.5 Å². The van der Waals surface area contributed by atoms with Crippen LogP contribution in [0.3, 0.4) is 0 Å². The molecule has 0 aliphatic rings. The fourth-order valence-electron chi connectivity index (χ4n) is 6.45. The first-order valence-electron chi connectivity index (χ1n) is 22.8. The first kappa shape index (κ1) is 53.3. The first-order chi connectivity index (χ1) is 26.8. The van der Waals surface area contributed by atoms with E-state index >= 15 is 0 Å². The van der Waals surface area contributed by atoms with Gasteiger partial charge in [-0.05, 0) is 57.8 Å². The Hall–Kier alpha value is -1.73. The van der Waals surface area contributed by atoms with E-state index in [4.69, 9.17) is 19.3 Å². The van der Waals surface area contributed by atoms with Gasteiger partial charge in [0.2, 0.25) is 0 Å². The van der Waals surface area contributed by atoms with Crippen LogP contribution in [0.15, 0.2) is 36.5 Å². The van der Waals surface area contributed by atoms with Crippen LogP contribution in [0.1, 0.15) is 226 Å². The summed E-state index contributed by atoms with van der Waals surface area (Å²) < 4.78 is 26.4. The van der Waals surface area contributed by atoms with Crippen LogP contribution in [0.25, 0.3) is 0 Å². The molecule has 0 aliphatic heterocycles. The lowest BCUT2D eigenvalue weighted by atomic mass is 10.0. The summed E-state index contributed by atoms with van der Waals surface area (Å²) in [4.78, 5) is 42.9. The molecule has 1 atom stereocenters. The fraction of sp³-hybridized carbons (Fsp3) is 0.826. The Bertz CT molecular complexity index is 988. The summed E-state index contributed by atoms with van der Waals surface area (Å²) in [7, 11) is -4.76. The number of unbranched alkanes of at least 4 members (excludes halogenated alkanes) is 26. The number of ether oxygens (including phenoxy) is 2. The largest absolute Gasteiger partial charge is 0.469 e. The molecule has 0 saturated carbocycles. The number of phosphoric ester groups is 1. The van der Waals surface area contributed by atoms with Gasteiger partial charge in [0.25, 0.3) is 0 Å². The summed E-state index contributed by atoms with van der Waals surface area (Å²) in [6.07, 6.45) is 50.3. The number of carbonyl (C=O) groups is 2. The van der Waals surface area contributed by atoms with E-state index in [0.717, 1.165) is 57.8 Å². The lowest BCUT2D eigenvalue weighted by molar-refractivity contribution is -0.161. The molecule has 0 fully saturated rings. The average Bonchev–Trinajstić information content (AvgIpc) is 3.16. The molecule has 55 heavy (non-hydrogen) atoms. The molecule has 0 aromatic heterocycles. The predicted molar refractivity (Wildman–Crippen MR) is 230 cm³/mol. The maximum atomic E-state index is 12.4. The highest BCUT2D eigenvalue weighted by Crippen LogP contribution is 2.36. The summed E-state index contributed by atoms with van der Waals surface area (Å²) in [5.41, 5.74) is 0. The van der Waals surface area contributed by atoms with Gasteiger partial charge in [0, 0.05) is 12.8 Å². The van der Waals surface area contributed by atoms with E-state index in [1.165, 1.54) is 128 Å². The third kappa shape index (κ3) is 44.8. The number of allylic oxidation sites excluding steroid dienone is 6. The quantitative estimate of drug-likeness (QED) is 0.0271. The highest BCUT2D eigenvalue weighted by molar-refractivity contribution is 7.46. The van der Waals surface area contributed by atoms with Gasteiger partial charge in [-0.25, -0.2) is 4.57 Å². The molecule has 0 bridgehead atoms. The van der Waals surface area contributed by atoms with Gasteiger partial charge in [0.15, 0.2) is 6.10 Å². The molecule has 0 heterocycles. The summed E-state index contributed by atoms with van der Waals surface area (Å²) >= 11 is 0. The van der Waals surface area contributed by atoms with Gasteiger partial charge >= 0.3 is 19.8 Å². The molecule has 8 nitrogen and oxygen atoms in total. The van der Waals surface area contributed by atoms with Gasteiger partial charge in [0.05, 0.1) is 6.61 Å². The Morgan fingerprint density at radius 1 is 0.473 bits per heavy atom. The van der Waals surface area contributed by atoms with Crippen LogP contribution in [0.5, 0.6) is 0 Å². The van der Waals surface area contributed by atoms with Crippen molar-refractivity contribution in [2.24, 2.45) is 0 Å². The van der Waals surface area contributed by atoms with E-state index in [9.17, 15) is 14.2 Å². The second kappa shape index (κ2) is 41.9. The van der Waals surface area contributed by atoms with E-state index in [-0.39, 0.29) is 19.4 Å². The molecule has 0 aromatic carbocycles. The summed E-state index contributed by atoms with van der Waals surface area (Å²) in [5.74, 6) is -0.933. The van der Waals surface area contributed by atoms with Gasteiger partial charge < -0.3 is 19.3 Å². The first-order valence-corrected chi connectivity index (χ1v) is 24.3. The second-order valence-electron chi connectivity index (χ2n) is 15.4. The van der Waals surface area contributed by atoms with Crippen LogP contribution >= 0.6 is 7.82 Å². The topological polar surface area (TPSA) is 119 Å².